The molecule has 1 N–H and O–H groups in total. The molecule has 1 aromatic carbocycles. The molecule has 0 spiro atoms. The van der Waals surface area contributed by atoms with E-state index in [2.05, 4.69) is 65.1 Å². The molecule has 1 aliphatic rings. The van der Waals surface area contributed by atoms with Gasteiger partial charge in [-0.05, 0) is 44.0 Å². The van der Waals surface area contributed by atoms with Gasteiger partial charge in [0, 0.05) is 30.7 Å². The first-order valence-electron chi connectivity index (χ1n) is 7.94. The fourth-order valence-electron chi connectivity index (χ4n) is 2.89. The van der Waals surface area contributed by atoms with Crippen molar-refractivity contribution in [2.24, 2.45) is 0 Å². The molecule has 118 valence electrons. The first-order chi connectivity index (χ1) is 10.1. The zero-order chi connectivity index (χ0) is 15.2. The average Bonchev–Trinajstić information content (AvgIpc) is 2.41. The van der Waals surface area contributed by atoms with Crippen LogP contribution in [0.1, 0.15) is 38.3 Å². The predicted octanol–water partition coefficient (Wildman–Crippen LogP) is 3.56. The molecule has 0 saturated carbocycles. The van der Waals surface area contributed by atoms with Crippen LogP contribution in [-0.2, 0) is 17.8 Å². The Bertz CT molecular complexity index is 442. The summed E-state index contributed by atoms with van der Waals surface area (Å²) in [5.74, 6) is 0. The van der Waals surface area contributed by atoms with E-state index in [1.165, 1.54) is 22.0 Å². The van der Waals surface area contributed by atoms with E-state index in [1.807, 2.05) is 0 Å². The van der Waals surface area contributed by atoms with Crippen molar-refractivity contribution in [1.82, 2.24) is 10.2 Å². The highest BCUT2D eigenvalue weighted by molar-refractivity contribution is 9.10. The molecule has 1 heterocycles. The Balaban J connectivity index is 1.94. The molecule has 2 rings (SSSR count). The number of nitrogens with zero attached hydrogens (tertiary/aromatic N) is 1. The second-order valence-electron chi connectivity index (χ2n) is 6.05. The molecule has 2 unspecified atom stereocenters. The molecule has 0 bridgehead atoms. The number of halogens is 1. The summed E-state index contributed by atoms with van der Waals surface area (Å²) in [6.45, 7) is 11.5. The SMILES string of the molecule is CCCNCc1ccc(CN2CC(C)OC(C)C2)c(Br)c1. The van der Waals surface area contributed by atoms with Crippen LogP contribution >= 0.6 is 15.9 Å². The second-order valence-corrected chi connectivity index (χ2v) is 6.91. The van der Waals surface area contributed by atoms with Crippen molar-refractivity contribution in [3.05, 3.63) is 33.8 Å². The Labute approximate surface area is 137 Å². The van der Waals surface area contributed by atoms with Crippen LogP contribution in [0.4, 0.5) is 0 Å². The maximum absolute atomic E-state index is 5.80. The van der Waals surface area contributed by atoms with E-state index >= 15 is 0 Å². The van der Waals surface area contributed by atoms with Crippen molar-refractivity contribution < 1.29 is 4.74 Å². The van der Waals surface area contributed by atoms with Gasteiger partial charge in [-0.2, -0.15) is 0 Å². The molecule has 0 amide bonds. The monoisotopic (exact) mass is 354 g/mol. The Kier molecular flexibility index (Phi) is 6.68. The lowest BCUT2D eigenvalue weighted by Crippen LogP contribution is -2.44. The summed E-state index contributed by atoms with van der Waals surface area (Å²) in [5.41, 5.74) is 2.69. The van der Waals surface area contributed by atoms with E-state index < -0.39 is 0 Å². The van der Waals surface area contributed by atoms with Crippen LogP contribution in [0, 0.1) is 0 Å². The number of nitrogens with one attached hydrogen (secondary N) is 1. The quantitative estimate of drug-likeness (QED) is 0.790. The van der Waals surface area contributed by atoms with Crippen molar-refractivity contribution in [3.63, 3.8) is 0 Å². The number of ether oxygens (including phenoxy) is 1. The van der Waals surface area contributed by atoms with Crippen molar-refractivity contribution >= 4 is 15.9 Å². The van der Waals surface area contributed by atoms with E-state index in [0.29, 0.717) is 12.2 Å². The van der Waals surface area contributed by atoms with Crippen LogP contribution in [0.2, 0.25) is 0 Å². The Morgan fingerprint density at radius 1 is 1.29 bits per heavy atom. The zero-order valence-electron chi connectivity index (χ0n) is 13.4. The molecule has 1 aromatic rings. The summed E-state index contributed by atoms with van der Waals surface area (Å²) in [7, 11) is 0. The smallest absolute Gasteiger partial charge is 0.0678 e. The summed E-state index contributed by atoms with van der Waals surface area (Å²) in [6, 6.07) is 6.72. The van der Waals surface area contributed by atoms with Gasteiger partial charge in [0.1, 0.15) is 0 Å². The lowest BCUT2D eigenvalue weighted by Gasteiger charge is -2.35. The largest absolute Gasteiger partial charge is 0.373 e. The van der Waals surface area contributed by atoms with Gasteiger partial charge < -0.3 is 10.1 Å². The van der Waals surface area contributed by atoms with E-state index in [4.69, 9.17) is 4.74 Å². The summed E-state index contributed by atoms with van der Waals surface area (Å²) < 4.78 is 7.01. The third kappa shape index (κ3) is 5.37. The Hall–Kier alpha value is -0.420. The molecule has 4 heteroatoms. The first kappa shape index (κ1) is 16.9. The second kappa shape index (κ2) is 8.28. The van der Waals surface area contributed by atoms with Crippen molar-refractivity contribution in [2.75, 3.05) is 19.6 Å². The van der Waals surface area contributed by atoms with Crippen LogP contribution in [0.5, 0.6) is 0 Å². The molecular formula is C17H27BrN2O. The first-order valence-corrected chi connectivity index (χ1v) is 8.73. The molecule has 1 saturated heterocycles. The van der Waals surface area contributed by atoms with Gasteiger partial charge in [0.25, 0.3) is 0 Å². The van der Waals surface area contributed by atoms with Crippen LogP contribution in [0.3, 0.4) is 0 Å². The molecule has 0 aliphatic carbocycles. The molecule has 1 aliphatic heterocycles. The summed E-state index contributed by atoms with van der Waals surface area (Å²) in [4.78, 5) is 2.48. The zero-order valence-corrected chi connectivity index (χ0v) is 14.9. The normalized spacial score (nSPS) is 23.4. The maximum atomic E-state index is 5.80. The molecular weight excluding hydrogens is 328 g/mol. The van der Waals surface area contributed by atoms with E-state index in [9.17, 15) is 0 Å². The van der Waals surface area contributed by atoms with Gasteiger partial charge in [-0.15, -0.1) is 0 Å². The van der Waals surface area contributed by atoms with Gasteiger partial charge in [-0.25, -0.2) is 0 Å². The molecule has 21 heavy (non-hydrogen) atoms. The third-order valence-corrected chi connectivity index (χ3v) is 4.50. The van der Waals surface area contributed by atoms with Crippen molar-refractivity contribution in [1.29, 1.82) is 0 Å². The highest BCUT2D eigenvalue weighted by Crippen LogP contribution is 2.22. The molecule has 3 nitrogen and oxygen atoms in total. The molecule has 0 aromatic heterocycles. The highest BCUT2D eigenvalue weighted by Gasteiger charge is 2.22. The minimum atomic E-state index is 0.324. The molecule has 1 fully saturated rings. The average molecular weight is 355 g/mol. The van der Waals surface area contributed by atoms with Gasteiger partial charge in [-0.3, -0.25) is 4.90 Å². The highest BCUT2D eigenvalue weighted by atomic mass is 79.9. The summed E-state index contributed by atoms with van der Waals surface area (Å²) in [5, 5.41) is 3.44. The van der Waals surface area contributed by atoms with E-state index in [-0.39, 0.29) is 0 Å². The van der Waals surface area contributed by atoms with Crippen molar-refractivity contribution in [2.45, 2.75) is 52.5 Å². The minimum absolute atomic E-state index is 0.324. The predicted molar refractivity (Wildman–Crippen MR) is 91.4 cm³/mol. The fraction of sp³-hybridized carbons (Fsp3) is 0.647. The topological polar surface area (TPSA) is 24.5 Å². The van der Waals surface area contributed by atoms with Gasteiger partial charge in [0.15, 0.2) is 0 Å². The van der Waals surface area contributed by atoms with Gasteiger partial charge in [-0.1, -0.05) is 35.0 Å². The van der Waals surface area contributed by atoms with Gasteiger partial charge in [0.2, 0.25) is 0 Å². The maximum Gasteiger partial charge on any atom is 0.0678 e. The molecule has 2 atom stereocenters. The number of rotatable bonds is 6. The van der Waals surface area contributed by atoms with Crippen LogP contribution in [-0.4, -0.2) is 36.7 Å². The number of benzene rings is 1. The van der Waals surface area contributed by atoms with E-state index in [1.54, 1.807) is 0 Å². The van der Waals surface area contributed by atoms with Gasteiger partial charge >= 0.3 is 0 Å². The standard InChI is InChI=1S/C17H27BrN2O/c1-4-7-19-9-15-5-6-16(17(18)8-15)12-20-10-13(2)21-14(3)11-20/h5-6,8,13-14,19H,4,7,9-12H2,1-3H3. The van der Waals surface area contributed by atoms with Gasteiger partial charge in [0.05, 0.1) is 12.2 Å². The number of morpholine rings is 1. The Morgan fingerprint density at radius 3 is 2.62 bits per heavy atom. The van der Waals surface area contributed by atoms with Crippen LogP contribution in [0.15, 0.2) is 22.7 Å². The summed E-state index contributed by atoms with van der Waals surface area (Å²) in [6.07, 6.45) is 1.82. The summed E-state index contributed by atoms with van der Waals surface area (Å²) >= 11 is 3.73. The lowest BCUT2D eigenvalue weighted by atomic mass is 10.1. The third-order valence-electron chi connectivity index (χ3n) is 3.76. The number of hydrogen-bond donors (Lipinski definition) is 1. The molecule has 0 radical (unpaired) electrons. The fourth-order valence-corrected chi connectivity index (χ4v) is 3.44. The van der Waals surface area contributed by atoms with E-state index in [0.717, 1.165) is 32.7 Å². The van der Waals surface area contributed by atoms with Crippen molar-refractivity contribution in [3.8, 4) is 0 Å². The lowest BCUT2D eigenvalue weighted by molar-refractivity contribution is -0.0705. The van der Waals surface area contributed by atoms with Crippen LogP contribution < -0.4 is 5.32 Å². The minimum Gasteiger partial charge on any atom is -0.373 e. The number of hydrogen-bond acceptors (Lipinski definition) is 3. The van der Waals surface area contributed by atoms with Crippen LogP contribution in [0.25, 0.3) is 0 Å². The Morgan fingerprint density at radius 2 is 2.00 bits per heavy atom.